The number of hydrogen-bond donors (Lipinski definition) is 1. The van der Waals surface area contributed by atoms with Gasteiger partial charge in [0.1, 0.15) is 12.4 Å². The van der Waals surface area contributed by atoms with Crippen molar-refractivity contribution in [1.82, 2.24) is 14.9 Å². The Morgan fingerprint density at radius 3 is 2.85 bits per heavy atom. The lowest BCUT2D eigenvalue weighted by molar-refractivity contribution is -0.121. The van der Waals surface area contributed by atoms with Crippen LogP contribution in [0.3, 0.4) is 0 Å². The van der Waals surface area contributed by atoms with E-state index in [1.165, 1.54) is 19.3 Å². The van der Waals surface area contributed by atoms with E-state index in [9.17, 15) is 4.79 Å². The van der Waals surface area contributed by atoms with Crippen LogP contribution >= 0.6 is 11.6 Å². The number of fused-ring (bicyclic) bond motifs is 1. The van der Waals surface area contributed by atoms with Crippen molar-refractivity contribution < 1.29 is 4.79 Å². The predicted octanol–water partition coefficient (Wildman–Crippen LogP) is 4.00. The number of hydrogen-bond acceptors (Lipinski definition) is 3. The molecule has 0 spiro atoms. The van der Waals surface area contributed by atoms with E-state index in [1.807, 2.05) is 53.4 Å². The summed E-state index contributed by atoms with van der Waals surface area (Å²) in [5, 5.41) is 4.78. The third-order valence-corrected chi connectivity index (χ3v) is 5.28. The molecule has 1 aliphatic rings. The third-order valence-electron chi connectivity index (χ3n) is 5.05. The van der Waals surface area contributed by atoms with Gasteiger partial charge >= 0.3 is 0 Å². The standard InChI is InChI=1S/C21H23ClN4O/c22-18-7-6-16-8-12-26(19(16)13-18)15-20(27)24-14-17-5-4-9-23-21(17)25-10-2-1-3-11-25/h4-9,12-13H,1-3,10-11,14-15H2,(H,24,27). The van der Waals surface area contributed by atoms with E-state index in [0.29, 0.717) is 11.6 Å². The molecule has 1 N–H and O–H groups in total. The summed E-state index contributed by atoms with van der Waals surface area (Å²) in [5.74, 6) is 0.969. The highest BCUT2D eigenvalue weighted by Crippen LogP contribution is 2.22. The molecule has 6 heteroatoms. The van der Waals surface area contributed by atoms with Crippen molar-refractivity contribution >= 4 is 34.2 Å². The molecule has 1 aliphatic heterocycles. The number of carbonyl (C=O) groups is 1. The molecule has 0 saturated carbocycles. The van der Waals surface area contributed by atoms with Crippen molar-refractivity contribution in [3.63, 3.8) is 0 Å². The van der Waals surface area contributed by atoms with E-state index in [1.54, 1.807) is 0 Å². The highest BCUT2D eigenvalue weighted by atomic mass is 35.5. The molecular weight excluding hydrogens is 360 g/mol. The van der Waals surface area contributed by atoms with Crippen molar-refractivity contribution in [2.45, 2.75) is 32.4 Å². The van der Waals surface area contributed by atoms with Gasteiger partial charge in [-0.15, -0.1) is 0 Å². The first-order valence-electron chi connectivity index (χ1n) is 9.41. The number of nitrogens with zero attached hydrogens (tertiary/aromatic N) is 3. The number of aromatic nitrogens is 2. The highest BCUT2D eigenvalue weighted by molar-refractivity contribution is 6.31. The summed E-state index contributed by atoms with van der Waals surface area (Å²) in [4.78, 5) is 19.4. The van der Waals surface area contributed by atoms with Crippen LogP contribution in [0.5, 0.6) is 0 Å². The van der Waals surface area contributed by atoms with Crippen molar-refractivity contribution in [2.24, 2.45) is 0 Å². The monoisotopic (exact) mass is 382 g/mol. The number of piperidine rings is 1. The van der Waals surface area contributed by atoms with Crippen LogP contribution in [0.15, 0.2) is 48.8 Å². The molecule has 0 atom stereocenters. The lowest BCUT2D eigenvalue weighted by atomic mass is 10.1. The predicted molar refractivity (Wildman–Crippen MR) is 109 cm³/mol. The van der Waals surface area contributed by atoms with E-state index in [2.05, 4.69) is 15.2 Å². The van der Waals surface area contributed by atoms with Gasteiger partial charge in [0.2, 0.25) is 5.91 Å². The maximum absolute atomic E-state index is 12.5. The molecule has 1 amide bonds. The van der Waals surface area contributed by atoms with E-state index in [-0.39, 0.29) is 12.5 Å². The van der Waals surface area contributed by atoms with Crippen LogP contribution in [0.25, 0.3) is 10.9 Å². The van der Waals surface area contributed by atoms with Crippen LogP contribution in [-0.2, 0) is 17.9 Å². The summed E-state index contributed by atoms with van der Waals surface area (Å²) in [6.07, 6.45) is 7.43. The molecule has 5 nitrogen and oxygen atoms in total. The van der Waals surface area contributed by atoms with Crippen LogP contribution < -0.4 is 10.2 Å². The third kappa shape index (κ3) is 4.08. The van der Waals surface area contributed by atoms with E-state index < -0.39 is 0 Å². The molecule has 0 bridgehead atoms. The lowest BCUT2D eigenvalue weighted by Gasteiger charge is -2.29. The fourth-order valence-corrected chi connectivity index (χ4v) is 3.82. The molecule has 1 aromatic carbocycles. The SMILES string of the molecule is O=C(Cn1ccc2ccc(Cl)cc21)NCc1cccnc1N1CCCCC1. The summed E-state index contributed by atoms with van der Waals surface area (Å²) >= 11 is 6.09. The summed E-state index contributed by atoms with van der Waals surface area (Å²) in [5.41, 5.74) is 2.03. The number of anilines is 1. The quantitative estimate of drug-likeness (QED) is 0.725. The molecule has 4 rings (SSSR count). The maximum Gasteiger partial charge on any atom is 0.240 e. The fourth-order valence-electron chi connectivity index (χ4n) is 3.66. The van der Waals surface area contributed by atoms with Gasteiger partial charge in [-0.3, -0.25) is 4.79 Å². The number of nitrogens with one attached hydrogen (secondary N) is 1. The van der Waals surface area contributed by atoms with Gasteiger partial charge < -0.3 is 14.8 Å². The van der Waals surface area contributed by atoms with Crippen molar-refractivity contribution in [3.8, 4) is 0 Å². The zero-order valence-electron chi connectivity index (χ0n) is 15.2. The van der Waals surface area contributed by atoms with E-state index in [0.717, 1.165) is 35.4 Å². The molecule has 0 radical (unpaired) electrons. The van der Waals surface area contributed by atoms with Gasteiger partial charge in [-0.1, -0.05) is 23.7 Å². The number of pyridine rings is 1. The van der Waals surface area contributed by atoms with Gasteiger partial charge in [-0.25, -0.2) is 4.98 Å². The minimum Gasteiger partial charge on any atom is -0.356 e. The van der Waals surface area contributed by atoms with E-state index >= 15 is 0 Å². The molecular formula is C21H23ClN4O. The van der Waals surface area contributed by atoms with Crippen LogP contribution in [0.2, 0.25) is 5.02 Å². The van der Waals surface area contributed by atoms with Gasteiger partial charge in [-0.2, -0.15) is 0 Å². The molecule has 0 aliphatic carbocycles. The van der Waals surface area contributed by atoms with Crippen LogP contribution in [-0.4, -0.2) is 28.5 Å². The molecule has 3 aromatic rings. The van der Waals surface area contributed by atoms with Gasteiger partial charge in [-0.05, 0) is 48.9 Å². The van der Waals surface area contributed by atoms with E-state index in [4.69, 9.17) is 11.6 Å². The topological polar surface area (TPSA) is 50.2 Å². The Morgan fingerprint density at radius 1 is 1.15 bits per heavy atom. The lowest BCUT2D eigenvalue weighted by Crippen LogP contribution is -2.32. The molecule has 3 heterocycles. The van der Waals surface area contributed by atoms with Crippen molar-refractivity contribution in [1.29, 1.82) is 0 Å². The Morgan fingerprint density at radius 2 is 2.00 bits per heavy atom. The molecule has 2 aromatic heterocycles. The summed E-state index contributed by atoms with van der Waals surface area (Å²) in [6, 6.07) is 11.7. The van der Waals surface area contributed by atoms with Gasteiger partial charge in [0.25, 0.3) is 0 Å². The minimum absolute atomic E-state index is 0.0269. The Hall–Kier alpha value is -2.53. The Balaban J connectivity index is 1.43. The van der Waals surface area contributed by atoms with Crippen LogP contribution in [0, 0.1) is 0 Å². The maximum atomic E-state index is 12.5. The Bertz CT molecular complexity index is 946. The van der Waals surface area contributed by atoms with Crippen LogP contribution in [0.4, 0.5) is 5.82 Å². The largest absolute Gasteiger partial charge is 0.356 e. The molecule has 0 unspecified atom stereocenters. The first-order valence-corrected chi connectivity index (χ1v) is 9.78. The Labute approximate surface area is 163 Å². The molecule has 1 fully saturated rings. The zero-order chi connectivity index (χ0) is 18.6. The number of amides is 1. The highest BCUT2D eigenvalue weighted by Gasteiger charge is 2.16. The second-order valence-electron chi connectivity index (χ2n) is 6.96. The molecule has 140 valence electrons. The van der Waals surface area contributed by atoms with Crippen molar-refractivity contribution in [2.75, 3.05) is 18.0 Å². The first kappa shape index (κ1) is 17.9. The molecule has 1 saturated heterocycles. The van der Waals surface area contributed by atoms with Gasteiger partial charge in [0, 0.05) is 48.1 Å². The summed E-state index contributed by atoms with van der Waals surface area (Å²) < 4.78 is 1.92. The average molecular weight is 383 g/mol. The molecule has 27 heavy (non-hydrogen) atoms. The van der Waals surface area contributed by atoms with Gasteiger partial charge in [0.05, 0.1) is 0 Å². The smallest absolute Gasteiger partial charge is 0.240 e. The fraction of sp³-hybridized carbons (Fsp3) is 0.333. The van der Waals surface area contributed by atoms with Gasteiger partial charge in [0.15, 0.2) is 0 Å². The Kier molecular flexibility index (Phi) is 5.30. The number of rotatable bonds is 5. The summed E-state index contributed by atoms with van der Waals surface area (Å²) in [7, 11) is 0. The second-order valence-corrected chi connectivity index (χ2v) is 7.39. The second kappa shape index (κ2) is 8.01. The number of carbonyl (C=O) groups excluding carboxylic acids is 1. The normalized spacial score (nSPS) is 14.5. The minimum atomic E-state index is -0.0269. The average Bonchev–Trinajstić information content (AvgIpc) is 3.09. The van der Waals surface area contributed by atoms with Crippen LogP contribution in [0.1, 0.15) is 24.8 Å². The number of benzene rings is 1. The summed E-state index contributed by atoms with van der Waals surface area (Å²) in [6.45, 7) is 2.82. The first-order chi connectivity index (χ1) is 13.2. The zero-order valence-corrected chi connectivity index (χ0v) is 16.0. The van der Waals surface area contributed by atoms with Crippen molar-refractivity contribution in [3.05, 3.63) is 59.4 Å². The number of halogens is 1.